The molecule has 58 valence electrons. The minimum absolute atomic E-state index is 0.138. The van der Waals surface area contributed by atoms with Crippen LogP contribution in [-0.2, 0) is 9.69 Å². The second kappa shape index (κ2) is 2.92. The van der Waals surface area contributed by atoms with Gasteiger partial charge in [0.05, 0.1) is 5.25 Å². The average Bonchev–Trinajstić information content (AvgIpc) is 1.88. The van der Waals surface area contributed by atoms with Crippen LogP contribution < -0.4 is 5.32 Å². The number of hydrogen-bond donors (Lipinski definition) is 1. The van der Waals surface area contributed by atoms with E-state index in [0.717, 1.165) is 19.4 Å². The van der Waals surface area contributed by atoms with Crippen molar-refractivity contribution in [3.8, 4) is 0 Å². The third-order valence-corrected chi connectivity index (χ3v) is 3.47. The molecule has 0 saturated carbocycles. The van der Waals surface area contributed by atoms with Crippen LogP contribution in [0, 0.1) is 0 Å². The summed E-state index contributed by atoms with van der Waals surface area (Å²) in [5.41, 5.74) is 0. The predicted molar refractivity (Wildman–Crippen MR) is 43.4 cm³/mol. The van der Waals surface area contributed by atoms with Gasteiger partial charge in [-0.2, -0.15) is 0 Å². The molecule has 5 heteroatoms. The maximum absolute atomic E-state index is 10.9. The van der Waals surface area contributed by atoms with Gasteiger partial charge in [-0.15, -0.1) is 0 Å². The lowest BCUT2D eigenvalue weighted by Gasteiger charge is -2.20. The van der Waals surface area contributed by atoms with E-state index >= 15 is 0 Å². The van der Waals surface area contributed by atoms with Gasteiger partial charge in [0.1, 0.15) is 9.69 Å². The first-order valence-corrected chi connectivity index (χ1v) is 5.46. The summed E-state index contributed by atoms with van der Waals surface area (Å²) < 4.78 is 21.9. The van der Waals surface area contributed by atoms with Crippen LogP contribution >= 0.6 is 0 Å². The van der Waals surface area contributed by atoms with Crippen molar-refractivity contribution in [1.29, 1.82) is 0 Å². The molecule has 10 heavy (non-hydrogen) atoms. The highest BCUT2D eigenvalue weighted by atomic mass is 32.2. The number of piperidine rings is 1. The molecule has 1 aliphatic rings. The minimum Gasteiger partial charge on any atom is -0.315 e. The molecule has 1 fully saturated rings. The molecule has 0 aromatic heterocycles. The molecule has 0 aromatic rings. The Hall–Kier alpha value is -0.0251. The molecule has 1 atom stereocenters. The van der Waals surface area contributed by atoms with Gasteiger partial charge in [-0.25, -0.2) is 8.42 Å². The van der Waals surface area contributed by atoms with E-state index in [2.05, 4.69) is 5.32 Å². The monoisotopic (exact) mass is 161 g/mol. The first-order chi connectivity index (χ1) is 4.61. The molecule has 1 heterocycles. The average molecular weight is 161 g/mol. The van der Waals surface area contributed by atoms with Crippen molar-refractivity contribution in [3.05, 3.63) is 0 Å². The topological polar surface area (TPSA) is 46.2 Å². The fraction of sp³-hybridized carbons (Fsp3) is 1.00. The fourth-order valence-corrected chi connectivity index (χ4v) is 2.20. The molecular weight excluding hydrogens is 149 g/mol. The molecule has 1 aliphatic heterocycles. The van der Waals surface area contributed by atoms with Crippen molar-refractivity contribution in [2.45, 2.75) is 18.1 Å². The molecule has 0 radical (unpaired) electrons. The molecule has 0 bridgehead atoms. The normalized spacial score (nSPS) is 28.2. The van der Waals surface area contributed by atoms with Crippen LogP contribution in [0.1, 0.15) is 12.8 Å². The summed E-state index contributed by atoms with van der Waals surface area (Å²) in [6.07, 6.45) is 1.81. The van der Waals surface area contributed by atoms with Gasteiger partial charge >= 0.3 is 0 Å². The van der Waals surface area contributed by atoms with Gasteiger partial charge in [0.25, 0.3) is 7.12 Å². The molecule has 1 saturated heterocycles. The number of rotatable bonds is 1. The van der Waals surface area contributed by atoms with E-state index < -0.39 is 9.69 Å². The van der Waals surface area contributed by atoms with Gasteiger partial charge in [0, 0.05) is 6.54 Å². The summed E-state index contributed by atoms with van der Waals surface area (Å²) in [6, 6.07) is 0. The Morgan fingerprint density at radius 3 is 2.50 bits per heavy atom. The lowest BCUT2D eigenvalue weighted by atomic mass is 10.2. The van der Waals surface area contributed by atoms with Crippen LogP contribution in [0.15, 0.2) is 0 Å². The maximum atomic E-state index is 10.9. The van der Waals surface area contributed by atoms with Crippen LogP contribution in [0.2, 0.25) is 0 Å². The van der Waals surface area contributed by atoms with Crippen LogP contribution in [0.4, 0.5) is 0 Å². The van der Waals surface area contributed by atoms with Crippen LogP contribution in [0.5, 0.6) is 0 Å². The Bertz CT molecular complexity index is 196. The zero-order valence-corrected chi connectivity index (χ0v) is 6.95. The van der Waals surface area contributed by atoms with Crippen LogP contribution in [0.3, 0.4) is 0 Å². The first kappa shape index (κ1) is 8.08. The third kappa shape index (κ3) is 1.99. The fourth-order valence-electron chi connectivity index (χ4n) is 1.19. The summed E-state index contributed by atoms with van der Waals surface area (Å²) in [5.74, 6) is 0. The Balaban J connectivity index is 2.56. The van der Waals surface area contributed by atoms with E-state index in [4.69, 9.17) is 0 Å². The Morgan fingerprint density at radius 2 is 2.20 bits per heavy atom. The molecular formula is C5H12BNO2S. The van der Waals surface area contributed by atoms with Gasteiger partial charge in [0.2, 0.25) is 0 Å². The molecule has 0 amide bonds. The molecule has 1 N–H and O–H groups in total. The van der Waals surface area contributed by atoms with Crippen LogP contribution in [-0.4, -0.2) is 33.9 Å². The van der Waals surface area contributed by atoms with Gasteiger partial charge in [0.15, 0.2) is 0 Å². The van der Waals surface area contributed by atoms with Crippen molar-refractivity contribution in [3.63, 3.8) is 0 Å². The van der Waals surface area contributed by atoms with E-state index in [1.54, 1.807) is 0 Å². The van der Waals surface area contributed by atoms with E-state index in [1.807, 2.05) is 0 Å². The van der Waals surface area contributed by atoms with E-state index in [-0.39, 0.29) is 5.25 Å². The Kier molecular flexibility index (Phi) is 2.36. The third-order valence-electron chi connectivity index (χ3n) is 1.86. The van der Waals surface area contributed by atoms with Crippen molar-refractivity contribution in [2.24, 2.45) is 0 Å². The van der Waals surface area contributed by atoms with Crippen molar-refractivity contribution in [2.75, 3.05) is 13.1 Å². The molecule has 0 aromatic carbocycles. The summed E-state index contributed by atoms with van der Waals surface area (Å²) in [4.78, 5) is 0. The predicted octanol–water partition coefficient (Wildman–Crippen LogP) is -1.30. The van der Waals surface area contributed by atoms with Crippen LogP contribution in [0.25, 0.3) is 0 Å². The smallest absolute Gasteiger partial charge is 0.256 e. The molecule has 1 rings (SSSR count). The number of hydrogen-bond acceptors (Lipinski definition) is 3. The van der Waals surface area contributed by atoms with Crippen molar-refractivity contribution in [1.82, 2.24) is 5.32 Å². The quantitative estimate of drug-likeness (QED) is 0.486. The summed E-state index contributed by atoms with van der Waals surface area (Å²) in [7, 11) is -1.48. The highest BCUT2D eigenvalue weighted by molar-refractivity contribution is 8.12. The highest BCUT2D eigenvalue weighted by Gasteiger charge is 2.21. The summed E-state index contributed by atoms with van der Waals surface area (Å²) in [5, 5.41) is 2.92. The van der Waals surface area contributed by atoms with Gasteiger partial charge in [-0.3, -0.25) is 0 Å². The lowest BCUT2D eigenvalue weighted by molar-refractivity contribution is 0.503. The molecule has 0 spiro atoms. The second-order valence-electron chi connectivity index (χ2n) is 2.80. The Labute approximate surface area is 62.4 Å². The summed E-state index contributed by atoms with van der Waals surface area (Å²) in [6.45, 7) is 1.60. The minimum atomic E-state index is -2.79. The van der Waals surface area contributed by atoms with E-state index in [9.17, 15) is 8.42 Å². The maximum Gasteiger partial charge on any atom is 0.256 e. The highest BCUT2D eigenvalue weighted by Crippen LogP contribution is 2.08. The van der Waals surface area contributed by atoms with Gasteiger partial charge in [-0.1, -0.05) is 0 Å². The van der Waals surface area contributed by atoms with Gasteiger partial charge in [-0.05, 0) is 19.4 Å². The second-order valence-corrected chi connectivity index (χ2v) is 5.12. The van der Waals surface area contributed by atoms with Gasteiger partial charge < -0.3 is 5.32 Å². The first-order valence-electron chi connectivity index (χ1n) is 3.50. The lowest BCUT2D eigenvalue weighted by Crippen LogP contribution is -2.38. The van der Waals surface area contributed by atoms with E-state index in [1.165, 1.54) is 7.12 Å². The number of nitrogens with one attached hydrogen (secondary N) is 1. The van der Waals surface area contributed by atoms with Crippen molar-refractivity contribution < 1.29 is 8.42 Å². The molecule has 3 nitrogen and oxygen atoms in total. The molecule has 0 aliphatic carbocycles. The summed E-state index contributed by atoms with van der Waals surface area (Å²) >= 11 is 0. The zero-order chi connectivity index (χ0) is 7.61. The SMILES string of the molecule is BS(=O)(=O)[C@H]1CCCNC1. The van der Waals surface area contributed by atoms with E-state index in [0.29, 0.717) is 6.54 Å². The standard InChI is InChI=1S/C5H12BNO2S/c6-10(8,9)5-2-1-3-7-4-5/h5,7H,1-4,6H2/t5-/m0/s1. The zero-order valence-electron chi connectivity index (χ0n) is 6.13. The largest absolute Gasteiger partial charge is 0.315 e. The van der Waals surface area contributed by atoms with Crippen molar-refractivity contribution >= 4 is 16.8 Å². The molecule has 0 unspecified atom stereocenters. The Morgan fingerprint density at radius 1 is 1.50 bits per heavy atom.